The largest absolute Gasteiger partial charge is 0.484 e. The molecule has 0 unspecified atom stereocenters. The summed E-state index contributed by atoms with van der Waals surface area (Å²) in [7, 11) is 0. The summed E-state index contributed by atoms with van der Waals surface area (Å²) < 4.78 is 11.4. The van der Waals surface area contributed by atoms with Gasteiger partial charge in [0.25, 0.3) is 0 Å². The highest BCUT2D eigenvalue weighted by Gasteiger charge is 2.11. The van der Waals surface area contributed by atoms with Gasteiger partial charge in [0.15, 0.2) is 5.76 Å². The average molecular weight is 344 g/mol. The Labute approximate surface area is 153 Å². The van der Waals surface area contributed by atoms with Gasteiger partial charge in [0.2, 0.25) is 5.89 Å². The summed E-state index contributed by atoms with van der Waals surface area (Å²) in [4.78, 5) is 4.58. The molecule has 0 N–H and O–H groups in total. The van der Waals surface area contributed by atoms with Crippen molar-refractivity contribution in [3.05, 3.63) is 83.4 Å². The summed E-state index contributed by atoms with van der Waals surface area (Å²) in [6.07, 6.45) is 3.25. The molecule has 0 saturated carbocycles. The molecule has 4 heteroatoms. The maximum Gasteiger partial charge on any atom is 0.226 e. The van der Waals surface area contributed by atoms with E-state index in [9.17, 15) is 5.26 Å². The van der Waals surface area contributed by atoms with Crippen LogP contribution in [0, 0.1) is 18.3 Å². The predicted octanol–water partition coefficient (Wildman–Crippen LogP) is 5.16. The van der Waals surface area contributed by atoms with Crippen molar-refractivity contribution >= 4 is 6.08 Å². The van der Waals surface area contributed by atoms with Crippen LogP contribution >= 0.6 is 0 Å². The van der Waals surface area contributed by atoms with Crippen LogP contribution in [-0.2, 0) is 11.2 Å². The molecule has 0 bridgehead atoms. The molecule has 1 aromatic heterocycles. The maximum atomic E-state index is 9.21. The van der Waals surface area contributed by atoms with Crippen LogP contribution in [0.5, 0.6) is 0 Å². The van der Waals surface area contributed by atoms with E-state index >= 15 is 0 Å². The van der Waals surface area contributed by atoms with Gasteiger partial charge in [-0.25, -0.2) is 4.98 Å². The Hall–Kier alpha value is -3.32. The van der Waals surface area contributed by atoms with Crippen LogP contribution in [0.2, 0.25) is 0 Å². The zero-order chi connectivity index (χ0) is 18.2. The number of ether oxygens (including phenoxy) is 1. The van der Waals surface area contributed by atoms with E-state index in [0.29, 0.717) is 18.3 Å². The van der Waals surface area contributed by atoms with Gasteiger partial charge >= 0.3 is 0 Å². The fraction of sp³-hybridized carbons (Fsp3) is 0.182. The van der Waals surface area contributed by atoms with E-state index in [1.165, 1.54) is 0 Å². The van der Waals surface area contributed by atoms with Crippen LogP contribution in [0.25, 0.3) is 17.5 Å². The number of rotatable bonds is 7. The second-order valence-corrected chi connectivity index (χ2v) is 5.87. The zero-order valence-electron chi connectivity index (χ0n) is 14.7. The quantitative estimate of drug-likeness (QED) is 0.337. The molecule has 3 aromatic rings. The van der Waals surface area contributed by atoms with Gasteiger partial charge < -0.3 is 9.15 Å². The lowest BCUT2D eigenvalue weighted by Crippen LogP contribution is -1.97. The van der Waals surface area contributed by atoms with Crippen molar-refractivity contribution in [1.82, 2.24) is 4.98 Å². The maximum absolute atomic E-state index is 9.21. The highest BCUT2D eigenvalue weighted by molar-refractivity contribution is 5.54. The lowest BCUT2D eigenvalue weighted by Gasteiger charge is -2.04. The topological polar surface area (TPSA) is 59.1 Å². The van der Waals surface area contributed by atoms with Crippen LogP contribution < -0.4 is 0 Å². The molecular weight excluding hydrogens is 324 g/mol. The number of hydrogen-bond donors (Lipinski definition) is 0. The number of oxazole rings is 1. The summed E-state index contributed by atoms with van der Waals surface area (Å²) in [5.41, 5.74) is 2.84. The first-order valence-electron chi connectivity index (χ1n) is 8.57. The molecule has 0 aliphatic heterocycles. The van der Waals surface area contributed by atoms with Gasteiger partial charge in [0.05, 0.1) is 12.3 Å². The first kappa shape index (κ1) is 17.5. The van der Waals surface area contributed by atoms with Gasteiger partial charge in [-0.2, -0.15) is 5.26 Å². The summed E-state index contributed by atoms with van der Waals surface area (Å²) in [6, 6.07) is 21.6. The van der Waals surface area contributed by atoms with E-state index < -0.39 is 0 Å². The molecule has 0 radical (unpaired) electrons. The Kier molecular flexibility index (Phi) is 5.84. The predicted molar refractivity (Wildman–Crippen MR) is 101 cm³/mol. The number of allylic oxidation sites excluding steroid dienone is 1. The van der Waals surface area contributed by atoms with Crippen molar-refractivity contribution in [2.45, 2.75) is 19.8 Å². The Morgan fingerprint density at radius 3 is 2.50 bits per heavy atom. The SMILES string of the molecule is Cc1oc(-c2ccccc2)nc1CCCOC(C#N)=Cc1ccccc1. The van der Waals surface area contributed by atoms with Crippen molar-refractivity contribution in [2.24, 2.45) is 0 Å². The summed E-state index contributed by atoms with van der Waals surface area (Å²) in [6.45, 7) is 2.38. The van der Waals surface area contributed by atoms with E-state index in [-0.39, 0.29) is 0 Å². The molecule has 2 aromatic carbocycles. The third-order valence-corrected chi connectivity index (χ3v) is 3.94. The fourth-order valence-electron chi connectivity index (χ4n) is 2.59. The van der Waals surface area contributed by atoms with Gasteiger partial charge in [0, 0.05) is 5.56 Å². The van der Waals surface area contributed by atoms with Gasteiger partial charge in [-0.05, 0) is 43.5 Å². The van der Waals surface area contributed by atoms with E-state index in [1.54, 1.807) is 6.08 Å². The minimum atomic E-state index is 0.318. The summed E-state index contributed by atoms with van der Waals surface area (Å²) in [5, 5.41) is 9.21. The molecule has 130 valence electrons. The molecule has 0 aliphatic rings. The van der Waals surface area contributed by atoms with Gasteiger partial charge in [-0.3, -0.25) is 0 Å². The standard InChI is InChI=1S/C22H20N2O2/c1-17-21(24-22(26-17)19-11-6-3-7-12-19)13-8-14-25-20(16-23)15-18-9-4-2-5-10-18/h2-7,9-12,15H,8,13-14H2,1H3. The van der Waals surface area contributed by atoms with Crippen molar-refractivity contribution in [3.8, 4) is 17.5 Å². The second-order valence-electron chi connectivity index (χ2n) is 5.87. The van der Waals surface area contributed by atoms with E-state index in [4.69, 9.17) is 9.15 Å². The molecule has 3 rings (SSSR count). The molecule has 0 atom stereocenters. The minimum absolute atomic E-state index is 0.318. The number of nitrogens with zero attached hydrogens (tertiary/aromatic N) is 2. The van der Waals surface area contributed by atoms with Crippen LogP contribution in [0.3, 0.4) is 0 Å². The Morgan fingerprint density at radius 2 is 1.81 bits per heavy atom. The van der Waals surface area contributed by atoms with E-state index in [0.717, 1.165) is 35.4 Å². The van der Waals surface area contributed by atoms with Crippen molar-refractivity contribution in [3.63, 3.8) is 0 Å². The van der Waals surface area contributed by atoms with Crippen LogP contribution in [0.4, 0.5) is 0 Å². The van der Waals surface area contributed by atoms with Crippen LogP contribution in [0.15, 0.2) is 70.8 Å². The highest BCUT2D eigenvalue weighted by atomic mass is 16.5. The molecule has 4 nitrogen and oxygen atoms in total. The van der Waals surface area contributed by atoms with Gasteiger partial charge in [-0.15, -0.1) is 0 Å². The van der Waals surface area contributed by atoms with Crippen LogP contribution in [-0.4, -0.2) is 11.6 Å². The van der Waals surface area contributed by atoms with Crippen molar-refractivity contribution in [1.29, 1.82) is 5.26 Å². The smallest absolute Gasteiger partial charge is 0.226 e. The van der Waals surface area contributed by atoms with Gasteiger partial charge in [0.1, 0.15) is 11.8 Å². The molecule has 0 fully saturated rings. The van der Waals surface area contributed by atoms with Crippen LogP contribution in [0.1, 0.15) is 23.4 Å². The lowest BCUT2D eigenvalue weighted by atomic mass is 10.2. The summed E-state index contributed by atoms with van der Waals surface area (Å²) in [5.74, 6) is 1.78. The van der Waals surface area contributed by atoms with E-state index in [2.05, 4.69) is 11.1 Å². The molecular formula is C22H20N2O2. The number of nitriles is 1. The molecule has 0 spiro atoms. The number of benzene rings is 2. The molecule has 26 heavy (non-hydrogen) atoms. The molecule has 0 aliphatic carbocycles. The van der Waals surface area contributed by atoms with Gasteiger partial charge in [-0.1, -0.05) is 48.5 Å². The number of aryl methyl sites for hydroxylation is 2. The monoisotopic (exact) mass is 344 g/mol. The fourth-order valence-corrected chi connectivity index (χ4v) is 2.59. The van der Waals surface area contributed by atoms with Crippen molar-refractivity contribution in [2.75, 3.05) is 6.61 Å². The Balaban J connectivity index is 1.54. The first-order valence-corrected chi connectivity index (χ1v) is 8.57. The normalized spacial score (nSPS) is 11.2. The Morgan fingerprint density at radius 1 is 1.12 bits per heavy atom. The number of hydrogen-bond acceptors (Lipinski definition) is 4. The molecule has 0 saturated heterocycles. The lowest BCUT2D eigenvalue weighted by molar-refractivity contribution is 0.225. The summed E-state index contributed by atoms with van der Waals surface area (Å²) >= 11 is 0. The third kappa shape index (κ3) is 4.61. The average Bonchev–Trinajstić information content (AvgIpc) is 3.06. The Bertz CT molecular complexity index is 906. The second kappa shape index (κ2) is 8.68. The minimum Gasteiger partial charge on any atom is -0.484 e. The first-order chi connectivity index (χ1) is 12.8. The van der Waals surface area contributed by atoms with Crippen molar-refractivity contribution < 1.29 is 9.15 Å². The molecule has 1 heterocycles. The number of aromatic nitrogens is 1. The third-order valence-electron chi connectivity index (χ3n) is 3.94. The van der Waals surface area contributed by atoms with E-state index in [1.807, 2.05) is 67.6 Å². The highest BCUT2D eigenvalue weighted by Crippen LogP contribution is 2.22. The molecule has 0 amide bonds. The zero-order valence-corrected chi connectivity index (χ0v) is 14.7.